The van der Waals surface area contributed by atoms with E-state index in [4.69, 9.17) is 16.3 Å². The molecule has 0 radical (unpaired) electrons. The van der Waals surface area contributed by atoms with E-state index >= 15 is 0 Å². The first-order valence-corrected chi connectivity index (χ1v) is 12.0. The second kappa shape index (κ2) is 9.81. The van der Waals surface area contributed by atoms with Gasteiger partial charge in [-0.1, -0.05) is 30.2 Å². The molecule has 30 heavy (non-hydrogen) atoms. The third-order valence-corrected chi connectivity index (χ3v) is 7.40. The highest BCUT2D eigenvalue weighted by Crippen LogP contribution is 2.26. The lowest BCUT2D eigenvalue weighted by atomic mass is 10.1. The SMILES string of the molecule is CCOc1ccc([C@H](C)NC(=O)c2cc(S(=O)(=O)N3CCCCC3)ccc2Cl)cc1. The second-order valence-electron chi connectivity index (χ2n) is 7.30. The van der Waals surface area contributed by atoms with E-state index in [0.717, 1.165) is 30.6 Å². The lowest BCUT2D eigenvalue weighted by Crippen LogP contribution is -2.35. The van der Waals surface area contributed by atoms with Gasteiger partial charge in [-0.05, 0) is 62.6 Å². The quantitative estimate of drug-likeness (QED) is 0.678. The van der Waals surface area contributed by atoms with Crippen LogP contribution >= 0.6 is 11.6 Å². The van der Waals surface area contributed by atoms with Crippen molar-refractivity contribution in [1.82, 2.24) is 9.62 Å². The highest BCUT2D eigenvalue weighted by molar-refractivity contribution is 7.89. The predicted molar refractivity (Wildman–Crippen MR) is 118 cm³/mol. The summed E-state index contributed by atoms with van der Waals surface area (Å²) in [6.45, 7) is 5.36. The summed E-state index contributed by atoms with van der Waals surface area (Å²) in [6, 6.07) is 11.5. The molecule has 0 aliphatic carbocycles. The Labute approximate surface area is 183 Å². The van der Waals surface area contributed by atoms with Crippen LogP contribution in [-0.4, -0.2) is 38.3 Å². The normalized spacial score (nSPS) is 16.1. The fourth-order valence-electron chi connectivity index (χ4n) is 3.47. The Morgan fingerprint density at radius 3 is 2.43 bits per heavy atom. The number of nitrogens with one attached hydrogen (secondary N) is 1. The Morgan fingerprint density at radius 1 is 1.13 bits per heavy atom. The summed E-state index contributed by atoms with van der Waals surface area (Å²) < 4.78 is 32.8. The van der Waals surface area contributed by atoms with Crippen LogP contribution in [0.4, 0.5) is 0 Å². The molecule has 162 valence electrons. The maximum Gasteiger partial charge on any atom is 0.253 e. The second-order valence-corrected chi connectivity index (χ2v) is 9.65. The van der Waals surface area contributed by atoms with Crippen molar-refractivity contribution in [2.75, 3.05) is 19.7 Å². The van der Waals surface area contributed by atoms with Crippen LogP contribution in [0.2, 0.25) is 5.02 Å². The molecule has 1 amide bonds. The molecule has 0 bridgehead atoms. The number of rotatable bonds is 7. The topological polar surface area (TPSA) is 75.7 Å². The number of hydrogen-bond donors (Lipinski definition) is 1. The molecule has 8 heteroatoms. The van der Waals surface area contributed by atoms with Crippen LogP contribution in [0, 0.1) is 0 Å². The van der Waals surface area contributed by atoms with Crippen molar-refractivity contribution >= 4 is 27.5 Å². The number of hydrogen-bond acceptors (Lipinski definition) is 4. The van der Waals surface area contributed by atoms with E-state index in [-0.39, 0.29) is 21.5 Å². The summed E-state index contributed by atoms with van der Waals surface area (Å²) in [6.07, 6.45) is 2.73. The number of nitrogens with zero attached hydrogens (tertiary/aromatic N) is 1. The predicted octanol–water partition coefficient (Wildman–Crippen LogP) is 4.40. The highest BCUT2D eigenvalue weighted by atomic mass is 35.5. The van der Waals surface area contributed by atoms with Gasteiger partial charge in [-0.25, -0.2) is 8.42 Å². The molecule has 0 unspecified atom stereocenters. The van der Waals surface area contributed by atoms with Gasteiger partial charge in [0.15, 0.2) is 0 Å². The van der Waals surface area contributed by atoms with Gasteiger partial charge in [0.05, 0.1) is 28.1 Å². The van der Waals surface area contributed by atoms with Gasteiger partial charge in [-0.2, -0.15) is 4.31 Å². The van der Waals surface area contributed by atoms with Gasteiger partial charge in [0.25, 0.3) is 5.91 Å². The minimum absolute atomic E-state index is 0.0904. The van der Waals surface area contributed by atoms with Crippen LogP contribution in [0.1, 0.15) is 55.1 Å². The molecule has 1 fully saturated rings. The summed E-state index contributed by atoms with van der Waals surface area (Å²) in [5, 5.41) is 3.10. The number of ether oxygens (including phenoxy) is 1. The van der Waals surface area contributed by atoms with Crippen molar-refractivity contribution in [2.24, 2.45) is 0 Å². The maximum atomic E-state index is 12.9. The Balaban J connectivity index is 1.77. The van der Waals surface area contributed by atoms with E-state index in [1.54, 1.807) is 0 Å². The molecule has 1 N–H and O–H groups in total. The van der Waals surface area contributed by atoms with Crippen LogP contribution < -0.4 is 10.1 Å². The van der Waals surface area contributed by atoms with E-state index in [9.17, 15) is 13.2 Å². The van der Waals surface area contributed by atoms with Crippen molar-refractivity contribution in [3.8, 4) is 5.75 Å². The van der Waals surface area contributed by atoms with Crippen molar-refractivity contribution in [1.29, 1.82) is 0 Å². The van der Waals surface area contributed by atoms with E-state index in [2.05, 4.69) is 5.32 Å². The number of carbonyl (C=O) groups is 1. The largest absolute Gasteiger partial charge is 0.494 e. The van der Waals surface area contributed by atoms with Gasteiger partial charge in [-0.15, -0.1) is 0 Å². The van der Waals surface area contributed by atoms with E-state index in [1.165, 1.54) is 22.5 Å². The first-order chi connectivity index (χ1) is 14.3. The molecular formula is C22H27ClN2O4S. The van der Waals surface area contributed by atoms with Crippen molar-refractivity contribution in [2.45, 2.75) is 44.0 Å². The fraction of sp³-hybridized carbons (Fsp3) is 0.409. The molecule has 0 saturated carbocycles. The van der Waals surface area contributed by atoms with E-state index in [0.29, 0.717) is 19.7 Å². The zero-order chi connectivity index (χ0) is 21.7. The zero-order valence-corrected chi connectivity index (χ0v) is 18.8. The Morgan fingerprint density at radius 2 is 1.80 bits per heavy atom. The summed E-state index contributed by atoms with van der Waals surface area (Å²) in [4.78, 5) is 12.9. The van der Waals surface area contributed by atoms with Crippen molar-refractivity contribution < 1.29 is 17.9 Å². The lowest BCUT2D eigenvalue weighted by Gasteiger charge is -2.26. The molecule has 0 aromatic heterocycles. The van der Waals surface area contributed by atoms with Crippen LogP contribution in [0.15, 0.2) is 47.4 Å². The third-order valence-electron chi connectivity index (χ3n) is 5.17. The molecule has 1 heterocycles. The Hall–Kier alpha value is -2.09. The molecular weight excluding hydrogens is 424 g/mol. The minimum Gasteiger partial charge on any atom is -0.494 e. The molecule has 1 aliphatic heterocycles. The summed E-state index contributed by atoms with van der Waals surface area (Å²) >= 11 is 6.23. The van der Waals surface area contributed by atoms with Gasteiger partial charge in [0.2, 0.25) is 10.0 Å². The smallest absolute Gasteiger partial charge is 0.253 e. The van der Waals surface area contributed by atoms with Crippen LogP contribution in [-0.2, 0) is 10.0 Å². The number of halogens is 1. The number of amides is 1. The highest BCUT2D eigenvalue weighted by Gasteiger charge is 2.27. The Bertz CT molecular complexity index is 987. The number of benzene rings is 2. The molecule has 1 atom stereocenters. The average molecular weight is 451 g/mol. The molecule has 6 nitrogen and oxygen atoms in total. The minimum atomic E-state index is -3.64. The molecule has 2 aromatic carbocycles. The zero-order valence-electron chi connectivity index (χ0n) is 17.2. The standard InChI is InChI=1S/C22H27ClN2O4S/c1-3-29-18-9-7-17(8-10-18)16(2)24-22(26)20-15-19(11-12-21(20)23)30(27,28)25-13-5-4-6-14-25/h7-12,15-16H,3-6,13-14H2,1-2H3,(H,24,26)/t16-/m0/s1. The Kier molecular flexibility index (Phi) is 7.39. The number of carbonyl (C=O) groups excluding carboxylic acids is 1. The first-order valence-electron chi connectivity index (χ1n) is 10.2. The molecule has 0 spiro atoms. The fourth-order valence-corrected chi connectivity index (χ4v) is 5.22. The van der Waals surface area contributed by atoms with Gasteiger partial charge >= 0.3 is 0 Å². The number of piperidine rings is 1. The van der Waals surface area contributed by atoms with Crippen molar-refractivity contribution in [3.63, 3.8) is 0 Å². The average Bonchev–Trinajstić information content (AvgIpc) is 2.75. The summed E-state index contributed by atoms with van der Waals surface area (Å²) in [5.74, 6) is 0.343. The molecule has 2 aromatic rings. The molecule has 3 rings (SSSR count). The van der Waals surface area contributed by atoms with E-state index < -0.39 is 15.9 Å². The van der Waals surface area contributed by atoms with Crippen molar-refractivity contribution in [3.05, 3.63) is 58.6 Å². The van der Waals surface area contributed by atoms with Crippen LogP contribution in [0.25, 0.3) is 0 Å². The van der Waals surface area contributed by atoms with Gasteiger partial charge in [-0.3, -0.25) is 4.79 Å². The molecule has 1 aliphatic rings. The lowest BCUT2D eigenvalue weighted by molar-refractivity contribution is 0.0940. The summed E-state index contributed by atoms with van der Waals surface area (Å²) in [5.41, 5.74) is 1.05. The monoisotopic (exact) mass is 450 g/mol. The summed E-state index contributed by atoms with van der Waals surface area (Å²) in [7, 11) is -3.64. The first kappa shape index (κ1) is 22.6. The van der Waals surface area contributed by atoms with E-state index in [1.807, 2.05) is 38.1 Å². The van der Waals surface area contributed by atoms with Gasteiger partial charge in [0.1, 0.15) is 5.75 Å². The van der Waals surface area contributed by atoms with Gasteiger partial charge in [0, 0.05) is 13.1 Å². The van der Waals surface area contributed by atoms with Gasteiger partial charge < -0.3 is 10.1 Å². The third kappa shape index (κ3) is 5.14. The van der Waals surface area contributed by atoms with Crippen LogP contribution in [0.3, 0.4) is 0 Å². The molecule has 1 saturated heterocycles. The van der Waals surface area contributed by atoms with Crippen LogP contribution in [0.5, 0.6) is 5.75 Å². The number of sulfonamides is 1. The maximum absolute atomic E-state index is 12.9.